The van der Waals surface area contributed by atoms with Gasteiger partial charge in [-0.1, -0.05) is 25.5 Å². The molecule has 2 saturated heterocycles. The normalized spacial score (nSPS) is 20.0. The van der Waals surface area contributed by atoms with Crippen molar-refractivity contribution in [3.8, 4) is 5.75 Å². The van der Waals surface area contributed by atoms with Gasteiger partial charge >= 0.3 is 0 Å². The fourth-order valence-electron chi connectivity index (χ4n) is 4.35. The first-order valence-corrected chi connectivity index (χ1v) is 11.1. The van der Waals surface area contributed by atoms with Crippen molar-refractivity contribution in [1.29, 1.82) is 0 Å². The van der Waals surface area contributed by atoms with Crippen molar-refractivity contribution in [2.24, 2.45) is 0 Å². The lowest BCUT2D eigenvalue weighted by Gasteiger charge is -2.38. The largest absolute Gasteiger partial charge is 0.494 e. The van der Waals surface area contributed by atoms with Crippen LogP contribution in [0.5, 0.6) is 5.75 Å². The Bertz CT molecular complexity index is 520. The minimum Gasteiger partial charge on any atom is -0.494 e. The number of benzene rings is 1. The molecule has 0 spiro atoms. The Morgan fingerprint density at radius 2 is 1.81 bits per heavy atom. The SMILES string of the molecule is CCCCNCC1(c2ccc(OCCCN3CCCC3)cc2)CCOCC1. The molecule has 27 heavy (non-hydrogen) atoms. The molecule has 4 nitrogen and oxygen atoms in total. The Balaban J connectivity index is 1.49. The molecule has 0 amide bonds. The van der Waals surface area contributed by atoms with Gasteiger partial charge in [-0.15, -0.1) is 0 Å². The smallest absolute Gasteiger partial charge is 0.119 e. The summed E-state index contributed by atoms with van der Waals surface area (Å²) in [6.07, 6.45) is 8.53. The molecule has 0 unspecified atom stereocenters. The Morgan fingerprint density at radius 3 is 2.52 bits per heavy atom. The molecule has 0 aliphatic carbocycles. The molecular formula is C23H38N2O2. The number of nitrogens with one attached hydrogen (secondary N) is 1. The molecule has 0 saturated carbocycles. The third-order valence-electron chi connectivity index (χ3n) is 6.17. The van der Waals surface area contributed by atoms with Gasteiger partial charge in [0.05, 0.1) is 6.61 Å². The van der Waals surface area contributed by atoms with Crippen molar-refractivity contribution in [3.05, 3.63) is 29.8 Å². The molecule has 0 bridgehead atoms. The summed E-state index contributed by atoms with van der Waals surface area (Å²) in [7, 11) is 0. The number of nitrogens with zero attached hydrogens (tertiary/aromatic N) is 1. The summed E-state index contributed by atoms with van der Waals surface area (Å²) in [6.45, 7) is 10.7. The van der Waals surface area contributed by atoms with Crippen LogP contribution in [0.2, 0.25) is 0 Å². The Hall–Kier alpha value is -1.10. The molecule has 152 valence electrons. The van der Waals surface area contributed by atoms with E-state index in [1.165, 1.54) is 50.9 Å². The van der Waals surface area contributed by atoms with Crippen LogP contribution in [0.3, 0.4) is 0 Å². The second-order valence-corrected chi connectivity index (χ2v) is 8.20. The molecule has 4 heteroatoms. The van der Waals surface area contributed by atoms with E-state index in [1.807, 2.05) is 0 Å². The third kappa shape index (κ3) is 6.20. The number of hydrogen-bond donors (Lipinski definition) is 1. The van der Waals surface area contributed by atoms with Crippen molar-refractivity contribution < 1.29 is 9.47 Å². The van der Waals surface area contributed by atoms with E-state index < -0.39 is 0 Å². The van der Waals surface area contributed by atoms with E-state index in [2.05, 4.69) is 41.4 Å². The van der Waals surface area contributed by atoms with Gasteiger partial charge in [-0.25, -0.2) is 0 Å². The molecule has 1 N–H and O–H groups in total. The lowest BCUT2D eigenvalue weighted by Crippen LogP contribution is -2.43. The molecule has 2 heterocycles. The highest BCUT2D eigenvalue weighted by Gasteiger charge is 2.34. The minimum atomic E-state index is 0.209. The van der Waals surface area contributed by atoms with Crippen molar-refractivity contribution >= 4 is 0 Å². The van der Waals surface area contributed by atoms with Gasteiger partial charge in [0, 0.05) is 31.7 Å². The lowest BCUT2D eigenvalue weighted by molar-refractivity contribution is 0.0499. The summed E-state index contributed by atoms with van der Waals surface area (Å²) in [5.74, 6) is 1.00. The summed E-state index contributed by atoms with van der Waals surface area (Å²) >= 11 is 0. The number of likely N-dealkylation sites (tertiary alicyclic amines) is 1. The van der Waals surface area contributed by atoms with Crippen LogP contribution in [0.15, 0.2) is 24.3 Å². The Labute approximate surface area is 165 Å². The van der Waals surface area contributed by atoms with E-state index in [9.17, 15) is 0 Å². The molecular weight excluding hydrogens is 336 g/mol. The van der Waals surface area contributed by atoms with Crippen LogP contribution in [0.4, 0.5) is 0 Å². The van der Waals surface area contributed by atoms with E-state index in [-0.39, 0.29) is 5.41 Å². The monoisotopic (exact) mass is 374 g/mol. The van der Waals surface area contributed by atoms with Gasteiger partial charge in [-0.05, 0) is 75.9 Å². The van der Waals surface area contributed by atoms with Crippen LogP contribution in [0, 0.1) is 0 Å². The molecule has 1 aromatic rings. The van der Waals surface area contributed by atoms with E-state index in [0.29, 0.717) is 0 Å². The molecule has 3 rings (SSSR count). The van der Waals surface area contributed by atoms with Crippen molar-refractivity contribution in [1.82, 2.24) is 10.2 Å². The van der Waals surface area contributed by atoms with Crippen molar-refractivity contribution in [3.63, 3.8) is 0 Å². The maximum absolute atomic E-state index is 5.99. The average Bonchev–Trinajstić information content (AvgIpc) is 3.23. The Kier molecular flexibility index (Phi) is 8.43. The van der Waals surface area contributed by atoms with Gasteiger partial charge in [0.2, 0.25) is 0 Å². The van der Waals surface area contributed by atoms with Gasteiger partial charge in [0.15, 0.2) is 0 Å². The van der Waals surface area contributed by atoms with Crippen molar-refractivity contribution in [2.45, 2.75) is 57.3 Å². The second kappa shape index (κ2) is 11.0. The molecule has 2 aliphatic rings. The highest BCUT2D eigenvalue weighted by molar-refractivity contribution is 5.33. The third-order valence-corrected chi connectivity index (χ3v) is 6.17. The maximum Gasteiger partial charge on any atom is 0.119 e. The van der Waals surface area contributed by atoms with Crippen LogP contribution in [0.1, 0.15) is 57.4 Å². The highest BCUT2D eigenvalue weighted by Crippen LogP contribution is 2.35. The van der Waals surface area contributed by atoms with Crippen LogP contribution >= 0.6 is 0 Å². The van der Waals surface area contributed by atoms with E-state index in [4.69, 9.17) is 9.47 Å². The number of rotatable bonds is 11. The molecule has 0 aromatic heterocycles. The Morgan fingerprint density at radius 1 is 1.07 bits per heavy atom. The van der Waals surface area contributed by atoms with Gasteiger partial charge in [-0.2, -0.15) is 0 Å². The average molecular weight is 375 g/mol. The first-order chi connectivity index (χ1) is 13.3. The summed E-state index contributed by atoms with van der Waals surface area (Å²) < 4.78 is 11.6. The van der Waals surface area contributed by atoms with E-state index in [0.717, 1.165) is 57.9 Å². The molecule has 1 aromatic carbocycles. The first kappa shape index (κ1) is 20.6. The fraction of sp³-hybridized carbons (Fsp3) is 0.739. The molecule has 2 fully saturated rings. The van der Waals surface area contributed by atoms with Gasteiger partial charge in [-0.3, -0.25) is 0 Å². The summed E-state index contributed by atoms with van der Waals surface area (Å²) in [5, 5.41) is 3.69. The standard InChI is InChI=1S/C23H38N2O2/c1-2-3-13-24-20-23(11-18-26-19-12-23)21-7-9-22(10-8-21)27-17-6-16-25-14-4-5-15-25/h7-10,24H,2-6,11-20H2,1H3. The maximum atomic E-state index is 5.99. The molecule has 0 atom stereocenters. The van der Waals surface area contributed by atoms with E-state index in [1.54, 1.807) is 0 Å². The number of unbranched alkanes of at least 4 members (excludes halogenated alkanes) is 1. The predicted octanol–water partition coefficient (Wildman–Crippen LogP) is 3.99. The number of hydrogen-bond acceptors (Lipinski definition) is 4. The summed E-state index contributed by atoms with van der Waals surface area (Å²) in [5.41, 5.74) is 1.64. The van der Waals surface area contributed by atoms with Crippen LogP contribution in [-0.4, -0.2) is 57.4 Å². The fourth-order valence-corrected chi connectivity index (χ4v) is 4.35. The van der Waals surface area contributed by atoms with E-state index >= 15 is 0 Å². The second-order valence-electron chi connectivity index (χ2n) is 8.20. The highest BCUT2D eigenvalue weighted by atomic mass is 16.5. The summed E-state index contributed by atoms with van der Waals surface area (Å²) in [6, 6.07) is 8.88. The first-order valence-electron chi connectivity index (χ1n) is 11.1. The lowest BCUT2D eigenvalue weighted by atomic mass is 9.74. The molecule has 0 radical (unpaired) electrons. The van der Waals surface area contributed by atoms with Crippen molar-refractivity contribution in [2.75, 3.05) is 52.5 Å². The summed E-state index contributed by atoms with van der Waals surface area (Å²) in [4.78, 5) is 2.55. The quantitative estimate of drug-likeness (QED) is 0.594. The minimum absolute atomic E-state index is 0.209. The zero-order valence-electron chi connectivity index (χ0n) is 17.2. The molecule has 2 aliphatic heterocycles. The zero-order valence-corrected chi connectivity index (χ0v) is 17.2. The van der Waals surface area contributed by atoms with Crippen LogP contribution in [0.25, 0.3) is 0 Å². The van der Waals surface area contributed by atoms with Gasteiger partial charge in [0.25, 0.3) is 0 Å². The van der Waals surface area contributed by atoms with Crippen LogP contribution < -0.4 is 10.1 Å². The number of ether oxygens (including phenoxy) is 2. The predicted molar refractivity (Wildman–Crippen MR) is 112 cm³/mol. The van der Waals surface area contributed by atoms with Crippen LogP contribution in [-0.2, 0) is 10.2 Å². The van der Waals surface area contributed by atoms with Gasteiger partial charge < -0.3 is 19.7 Å². The topological polar surface area (TPSA) is 33.7 Å². The van der Waals surface area contributed by atoms with Gasteiger partial charge in [0.1, 0.15) is 5.75 Å². The zero-order chi connectivity index (χ0) is 18.8.